The number of aromatic nitrogens is 2. The molecule has 2 atom stereocenters. The average Bonchev–Trinajstić information content (AvgIpc) is 2.90. The number of fused-ring (bicyclic) bond motifs is 1. The van der Waals surface area contributed by atoms with Crippen LogP contribution >= 0.6 is 0 Å². The Hall–Kier alpha value is -1.44. The molecule has 0 aromatic carbocycles. The van der Waals surface area contributed by atoms with Gasteiger partial charge in [-0.2, -0.15) is 5.10 Å². The highest BCUT2D eigenvalue weighted by Crippen LogP contribution is 2.32. The van der Waals surface area contributed by atoms with E-state index in [1.807, 2.05) is 39.6 Å². The minimum Gasteiger partial charge on any atom is -0.394 e. The molecule has 1 aromatic heterocycles. The van der Waals surface area contributed by atoms with E-state index in [1.54, 1.807) is 4.68 Å². The second-order valence-electron chi connectivity index (χ2n) is 7.88. The Bertz CT molecular complexity index is 647. The van der Waals surface area contributed by atoms with Crippen LogP contribution < -0.4 is 0 Å². The molecule has 3 heterocycles. The highest BCUT2D eigenvalue weighted by molar-refractivity contribution is 5.94. The Morgan fingerprint density at radius 1 is 1.28 bits per heavy atom. The molecule has 7 nitrogen and oxygen atoms in total. The summed E-state index contributed by atoms with van der Waals surface area (Å²) >= 11 is 0. The third kappa shape index (κ3) is 3.32. The molecule has 2 aliphatic heterocycles. The van der Waals surface area contributed by atoms with Crippen LogP contribution in [0.5, 0.6) is 0 Å². The van der Waals surface area contributed by atoms with Crippen molar-refractivity contribution in [2.75, 3.05) is 32.8 Å². The van der Waals surface area contributed by atoms with Gasteiger partial charge in [-0.15, -0.1) is 0 Å². The zero-order chi connectivity index (χ0) is 18.4. The predicted molar refractivity (Wildman–Crippen MR) is 94.5 cm³/mol. The van der Waals surface area contributed by atoms with Crippen LogP contribution in [-0.4, -0.2) is 75.0 Å². The van der Waals surface area contributed by atoms with Gasteiger partial charge in [0.25, 0.3) is 5.91 Å². The largest absolute Gasteiger partial charge is 0.394 e. The molecule has 25 heavy (non-hydrogen) atoms. The molecule has 1 N–H and O–H groups in total. The summed E-state index contributed by atoms with van der Waals surface area (Å²) < 4.78 is 7.56. The fraction of sp³-hybridized carbons (Fsp3) is 0.778. The van der Waals surface area contributed by atoms with Crippen molar-refractivity contribution in [3.8, 4) is 0 Å². The van der Waals surface area contributed by atoms with Gasteiger partial charge in [0.1, 0.15) is 5.69 Å². The second kappa shape index (κ2) is 6.70. The molecule has 0 radical (unpaired) electrons. The van der Waals surface area contributed by atoms with Crippen molar-refractivity contribution in [2.45, 2.75) is 51.9 Å². The molecule has 1 aromatic rings. The van der Waals surface area contributed by atoms with Crippen LogP contribution in [-0.2, 0) is 18.2 Å². The molecule has 0 unspecified atom stereocenters. The zero-order valence-electron chi connectivity index (χ0n) is 15.9. The standard InChI is InChI=1S/C18H30N4O3/c1-12-10-14-15(13(2)25-12)19-20(5)16(14)17(24)21-6-8-22(9-7-21)18(3,4)11-23/h12-13,23H,6-11H2,1-5H3/t12-,13+/m1/s1. The van der Waals surface area contributed by atoms with Gasteiger partial charge in [0.2, 0.25) is 0 Å². The van der Waals surface area contributed by atoms with Crippen LogP contribution in [0.2, 0.25) is 0 Å². The van der Waals surface area contributed by atoms with Crippen LogP contribution in [0.15, 0.2) is 0 Å². The number of aliphatic hydroxyl groups excluding tert-OH is 1. The van der Waals surface area contributed by atoms with Crippen LogP contribution in [0.1, 0.15) is 55.5 Å². The Morgan fingerprint density at radius 2 is 1.92 bits per heavy atom. The predicted octanol–water partition coefficient (Wildman–Crippen LogP) is 0.971. The first-order valence-corrected chi connectivity index (χ1v) is 9.11. The monoisotopic (exact) mass is 350 g/mol. The lowest BCUT2D eigenvalue weighted by Gasteiger charge is -2.43. The van der Waals surface area contributed by atoms with Crippen molar-refractivity contribution in [2.24, 2.45) is 7.05 Å². The summed E-state index contributed by atoms with van der Waals surface area (Å²) in [5, 5.41) is 14.1. The number of hydrogen-bond acceptors (Lipinski definition) is 5. The molecular weight excluding hydrogens is 320 g/mol. The van der Waals surface area contributed by atoms with Crippen molar-refractivity contribution in [3.63, 3.8) is 0 Å². The van der Waals surface area contributed by atoms with Gasteiger partial charge in [0, 0.05) is 50.7 Å². The van der Waals surface area contributed by atoms with E-state index in [4.69, 9.17) is 4.74 Å². The number of aliphatic hydroxyl groups is 1. The lowest BCUT2D eigenvalue weighted by atomic mass is 9.99. The molecule has 3 rings (SSSR count). The van der Waals surface area contributed by atoms with E-state index in [0.29, 0.717) is 18.8 Å². The number of carbonyl (C=O) groups is 1. The molecular formula is C18H30N4O3. The molecule has 140 valence electrons. The topological polar surface area (TPSA) is 70.8 Å². The van der Waals surface area contributed by atoms with Crippen molar-refractivity contribution in [3.05, 3.63) is 17.0 Å². The van der Waals surface area contributed by atoms with Gasteiger partial charge in [0.05, 0.1) is 24.5 Å². The molecule has 0 spiro atoms. The smallest absolute Gasteiger partial charge is 0.272 e. The summed E-state index contributed by atoms with van der Waals surface area (Å²) in [4.78, 5) is 17.3. The second-order valence-corrected chi connectivity index (χ2v) is 7.88. The normalized spacial score (nSPS) is 25.1. The molecule has 0 bridgehead atoms. The minimum absolute atomic E-state index is 0.0546. The third-order valence-corrected chi connectivity index (χ3v) is 5.50. The maximum absolute atomic E-state index is 13.1. The van der Waals surface area contributed by atoms with Gasteiger partial charge >= 0.3 is 0 Å². The molecule has 2 aliphatic rings. The van der Waals surface area contributed by atoms with E-state index < -0.39 is 0 Å². The maximum atomic E-state index is 13.1. The molecule has 7 heteroatoms. The number of carbonyl (C=O) groups excluding carboxylic acids is 1. The van der Waals surface area contributed by atoms with Crippen molar-refractivity contribution in [1.82, 2.24) is 19.6 Å². The Labute approximate surface area is 149 Å². The first kappa shape index (κ1) is 18.4. The Morgan fingerprint density at radius 3 is 2.52 bits per heavy atom. The van der Waals surface area contributed by atoms with Gasteiger partial charge in [-0.05, 0) is 27.7 Å². The van der Waals surface area contributed by atoms with Crippen LogP contribution in [0.4, 0.5) is 0 Å². The summed E-state index contributed by atoms with van der Waals surface area (Å²) in [7, 11) is 1.84. The van der Waals surface area contributed by atoms with Gasteiger partial charge in [0.15, 0.2) is 0 Å². The fourth-order valence-corrected chi connectivity index (χ4v) is 3.90. The first-order chi connectivity index (χ1) is 11.7. The highest BCUT2D eigenvalue weighted by atomic mass is 16.5. The number of aryl methyl sites for hydroxylation is 1. The first-order valence-electron chi connectivity index (χ1n) is 9.11. The Balaban J connectivity index is 1.77. The summed E-state index contributed by atoms with van der Waals surface area (Å²) in [5.74, 6) is 0.0546. The van der Waals surface area contributed by atoms with E-state index in [1.165, 1.54) is 0 Å². The summed E-state index contributed by atoms with van der Waals surface area (Å²) in [6, 6.07) is 0. The maximum Gasteiger partial charge on any atom is 0.272 e. The lowest BCUT2D eigenvalue weighted by Crippen LogP contribution is -2.57. The van der Waals surface area contributed by atoms with E-state index >= 15 is 0 Å². The molecule has 1 saturated heterocycles. The number of nitrogens with zero attached hydrogens (tertiary/aromatic N) is 4. The number of amides is 1. The molecule has 0 saturated carbocycles. The number of ether oxygens (including phenoxy) is 1. The van der Waals surface area contributed by atoms with E-state index in [0.717, 1.165) is 30.8 Å². The van der Waals surface area contributed by atoms with Crippen molar-refractivity contribution < 1.29 is 14.6 Å². The van der Waals surface area contributed by atoms with E-state index in [2.05, 4.69) is 10.00 Å². The van der Waals surface area contributed by atoms with Crippen molar-refractivity contribution >= 4 is 5.91 Å². The fourth-order valence-electron chi connectivity index (χ4n) is 3.90. The minimum atomic E-state index is -0.247. The quantitative estimate of drug-likeness (QED) is 0.880. The van der Waals surface area contributed by atoms with Crippen LogP contribution in [0.25, 0.3) is 0 Å². The Kier molecular flexibility index (Phi) is 4.92. The molecule has 0 aliphatic carbocycles. The summed E-state index contributed by atoms with van der Waals surface area (Å²) in [6.45, 7) is 11.1. The number of rotatable bonds is 3. The van der Waals surface area contributed by atoms with Gasteiger partial charge in [-0.3, -0.25) is 14.4 Å². The number of piperazine rings is 1. The van der Waals surface area contributed by atoms with Gasteiger partial charge in [-0.25, -0.2) is 0 Å². The van der Waals surface area contributed by atoms with Crippen molar-refractivity contribution in [1.29, 1.82) is 0 Å². The SMILES string of the molecule is C[C@@H]1Cc2c(nn(C)c2C(=O)N2CCN(C(C)(C)CO)CC2)[C@H](C)O1. The highest BCUT2D eigenvalue weighted by Gasteiger charge is 2.35. The molecule has 1 fully saturated rings. The van der Waals surface area contributed by atoms with Crippen LogP contribution in [0, 0.1) is 0 Å². The van der Waals surface area contributed by atoms with E-state index in [9.17, 15) is 9.90 Å². The lowest BCUT2D eigenvalue weighted by molar-refractivity contribution is -0.00724. The van der Waals surface area contributed by atoms with Crippen LogP contribution in [0.3, 0.4) is 0 Å². The third-order valence-electron chi connectivity index (χ3n) is 5.50. The molecule has 1 amide bonds. The summed E-state index contributed by atoms with van der Waals surface area (Å²) in [5.41, 5.74) is 2.39. The zero-order valence-corrected chi connectivity index (χ0v) is 15.9. The van der Waals surface area contributed by atoms with Gasteiger partial charge in [-0.1, -0.05) is 0 Å². The summed E-state index contributed by atoms with van der Waals surface area (Å²) in [6.07, 6.45) is 0.751. The average molecular weight is 350 g/mol. The number of hydrogen-bond donors (Lipinski definition) is 1. The van der Waals surface area contributed by atoms with E-state index in [-0.39, 0.29) is 30.3 Å². The van der Waals surface area contributed by atoms with Gasteiger partial charge < -0.3 is 14.7 Å².